The van der Waals surface area contributed by atoms with E-state index in [0.717, 1.165) is 22.6 Å². The summed E-state index contributed by atoms with van der Waals surface area (Å²) in [5, 5.41) is 6.46. The van der Waals surface area contributed by atoms with Crippen LogP contribution in [-0.4, -0.2) is 42.2 Å². The zero-order valence-corrected chi connectivity index (χ0v) is 18.9. The molecule has 0 saturated carbocycles. The first-order valence-electron chi connectivity index (χ1n) is 10.9. The van der Waals surface area contributed by atoms with Crippen molar-refractivity contribution in [2.24, 2.45) is 5.10 Å². The van der Waals surface area contributed by atoms with Gasteiger partial charge in [-0.25, -0.2) is 5.01 Å². The number of aryl methyl sites for hydroxylation is 1. The second-order valence-electron chi connectivity index (χ2n) is 8.31. The molecule has 164 valence electrons. The minimum Gasteiger partial charge on any atom is -0.497 e. The summed E-state index contributed by atoms with van der Waals surface area (Å²) < 4.78 is 5.38. The minimum absolute atomic E-state index is 0.00750. The predicted octanol–water partition coefficient (Wildman–Crippen LogP) is 4.81. The van der Waals surface area contributed by atoms with E-state index in [1.807, 2.05) is 54.4 Å². The number of carbonyl (C=O) groups is 1. The van der Waals surface area contributed by atoms with E-state index >= 15 is 0 Å². The number of likely N-dealkylation sites (N-methyl/N-ethyl adjacent to an activating group) is 1. The lowest BCUT2D eigenvalue weighted by Crippen LogP contribution is -2.36. The maximum absolute atomic E-state index is 13.3. The van der Waals surface area contributed by atoms with E-state index in [4.69, 9.17) is 9.84 Å². The molecule has 0 aliphatic carbocycles. The lowest BCUT2D eigenvalue weighted by molar-refractivity contribution is -0.134. The average Bonchev–Trinajstić information content (AvgIpc) is 3.26. The van der Waals surface area contributed by atoms with Gasteiger partial charge in [0.05, 0.1) is 25.4 Å². The van der Waals surface area contributed by atoms with Crippen molar-refractivity contribution in [1.82, 2.24) is 9.91 Å². The van der Waals surface area contributed by atoms with Gasteiger partial charge in [-0.2, -0.15) is 5.10 Å². The number of benzene rings is 3. The highest BCUT2D eigenvalue weighted by Crippen LogP contribution is 2.33. The summed E-state index contributed by atoms with van der Waals surface area (Å²) in [6.45, 7) is 3.08. The van der Waals surface area contributed by atoms with Crippen molar-refractivity contribution >= 4 is 11.6 Å². The molecule has 3 aromatic carbocycles. The van der Waals surface area contributed by atoms with Gasteiger partial charge in [0.1, 0.15) is 5.75 Å². The number of carbonyl (C=O) groups excluding carboxylic acids is 1. The molecule has 1 aliphatic heterocycles. The number of nitrogens with zero attached hydrogens (tertiary/aromatic N) is 3. The second-order valence-corrected chi connectivity index (χ2v) is 8.31. The molecule has 0 fully saturated rings. The Morgan fingerprint density at radius 1 is 1.06 bits per heavy atom. The maximum Gasteiger partial charge on any atom is 0.257 e. The quantitative estimate of drug-likeness (QED) is 0.543. The smallest absolute Gasteiger partial charge is 0.257 e. The molecule has 0 N–H and O–H groups in total. The molecular formula is C27H29N3O2. The topological polar surface area (TPSA) is 45.1 Å². The SMILES string of the molecule is COc1cccc(C2=NN(C(=O)CN(C)Cc3ccccc3)[C@H](c3ccc(C)cc3)C2)c1. The van der Waals surface area contributed by atoms with Crippen LogP contribution in [0.2, 0.25) is 0 Å². The van der Waals surface area contributed by atoms with E-state index in [1.165, 1.54) is 11.1 Å². The summed E-state index contributed by atoms with van der Waals surface area (Å²) in [6, 6.07) is 26.3. The van der Waals surface area contributed by atoms with Crippen LogP contribution in [0.5, 0.6) is 5.75 Å². The Balaban J connectivity index is 1.57. The molecule has 0 spiro atoms. The Labute approximate surface area is 189 Å². The molecule has 1 amide bonds. The van der Waals surface area contributed by atoms with Crippen molar-refractivity contribution in [2.45, 2.75) is 25.9 Å². The zero-order chi connectivity index (χ0) is 22.5. The Hall–Kier alpha value is -3.44. The third-order valence-electron chi connectivity index (χ3n) is 5.73. The monoisotopic (exact) mass is 427 g/mol. The van der Waals surface area contributed by atoms with Crippen molar-refractivity contribution in [1.29, 1.82) is 0 Å². The van der Waals surface area contributed by atoms with Gasteiger partial charge in [-0.3, -0.25) is 9.69 Å². The molecule has 32 heavy (non-hydrogen) atoms. The van der Waals surface area contributed by atoms with Gasteiger partial charge < -0.3 is 4.74 Å². The van der Waals surface area contributed by atoms with E-state index < -0.39 is 0 Å². The first kappa shape index (κ1) is 21.8. The van der Waals surface area contributed by atoms with Crippen LogP contribution in [-0.2, 0) is 11.3 Å². The molecule has 5 nitrogen and oxygen atoms in total. The number of hydrogen-bond donors (Lipinski definition) is 0. The zero-order valence-electron chi connectivity index (χ0n) is 18.9. The van der Waals surface area contributed by atoms with Gasteiger partial charge in [0, 0.05) is 18.5 Å². The normalized spacial score (nSPS) is 15.7. The van der Waals surface area contributed by atoms with E-state index in [0.29, 0.717) is 19.5 Å². The van der Waals surface area contributed by atoms with Gasteiger partial charge in [0.2, 0.25) is 0 Å². The third kappa shape index (κ3) is 5.06. The highest BCUT2D eigenvalue weighted by Gasteiger charge is 2.33. The Kier molecular flexibility index (Phi) is 6.66. The number of rotatable bonds is 7. The van der Waals surface area contributed by atoms with Gasteiger partial charge in [-0.05, 0) is 37.2 Å². The lowest BCUT2D eigenvalue weighted by Gasteiger charge is -2.25. The number of hydrogen-bond acceptors (Lipinski definition) is 4. The van der Waals surface area contributed by atoms with Crippen LogP contribution in [0.25, 0.3) is 0 Å². The molecule has 0 bridgehead atoms. The predicted molar refractivity (Wildman–Crippen MR) is 128 cm³/mol. The molecule has 0 saturated heterocycles. The molecule has 4 rings (SSSR count). The molecule has 3 aromatic rings. The van der Waals surface area contributed by atoms with Crippen LogP contribution in [0.4, 0.5) is 0 Å². The molecule has 0 aromatic heterocycles. The summed E-state index contributed by atoms with van der Waals surface area (Å²) in [6.07, 6.45) is 0.671. The largest absolute Gasteiger partial charge is 0.497 e. The molecule has 0 radical (unpaired) electrons. The highest BCUT2D eigenvalue weighted by atomic mass is 16.5. The summed E-state index contributed by atoms with van der Waals surface area (Å²) in [5.74, 6) is 0.774. The van der Waals surface area contributed by atoms with Crippen LogP contribution < -0.4 is 4.74 Å². The fourth-order valence-corrected chi connectivity index (χ4v) is 4.02. The third-order valence-corrected chi connectivity index (χ3v) is 5.73. The van der Waals surface area contributed by atoms with Crippen molar-refractivity contribution in [2.75, 3.05) is 20.7 Å². The Morgan fingerprint density at radius 3 is 2.53 bits per heavy atom. The molecule has 0 unspecified atom stereocenters. The average molecular weight is 428 g/mol. The molecular weight excluding hydrogens is 398 g/mol. The van der Waals surface area contributed by atoms with Crippen molar-refractivity contribution in [3.8, 4) is 5.75 Å². The van der Waals surface area contributed by atoms with Gasteiger partial charge in [-0.15, -0.1) is 0 Å². The van der Waals surface area contributed by atoms with E-state index in [2.05, 4.69) is 43.3 Å². The van der Waals surface area contributed by atoms with E-state index in [9.17, 15) is 4.79 Å². The van der Waals surface area contributed by atoms with Gasteiger partial charge >= 0.3 is 0 Å². The van der Waals surface area contributed by atoms with Crippen LogP contribution >= 0.6 is 0 Å². The summed E-state index contributed by atoms with van der Waals surface area (Å²) in [7, 11) is 3.62. The first-order chi connectivity index (χ1) is 15.5. The van der Waals surface area contributed by atoms with Crippen LogP contribution in [0.1, 0.15) is 34.7 Å². The Morgan fingerprint density at radius 2 is 1.81 bits per heavy atom. The van der Waals surface area contributed by atoms with Crippen molar-refractivity contribution in [3.63, 3.8) is 0 Å². The fraction of sp³-hybridized carbons (Fsp3) is 0.259. The van der Waals surface area contributed by atoms with Gasteiger partial charge in [0.15, 0.2) is 0 Å². The number of ether oxygens (including phenoxy) is 1. The standard InChI is InChI=1S/C27H29N3O2/c1-20-12-14-22(15-13-20)26-17-25(23-10-7-11-24(16-23)32-3)28-30(26)27(31)19-29(2)18-21-8-5-4-6-9-21/h4-16,26H,17-19H2,1-3H3/t26-/m0/s1. The van der Waals surface area contributed by atoms with Gasteiger partial charge in [0.25, 0.3) is 5.91 Å². The van der Waals surface area contributed by atoms with Crippen molar-refractivity contribution < 1.29 is 9.53 Å². The molecule has 1 heterocycles. The number of amides is 1. The summed E-state index contributed by atoms with van der Waals surface area (Å²) in [4.78, 5) is 15.4. The lowest BCUT2D eigenvalue weighted by atomic mass is 9.97. The van der Waals surface area contributed by atoms with Gasteiger partial charge in [-0.1, -0.05) is 72.3 Å². The first-order valence-corrected chi connectivity index (χ1v) is 10.9. The Bertz CT molecular complexity index is 1090. The summed E-state index contributed by atoms with van der Waals surface area (Å²) >= 11 is 0. The van der Waals surface area contributed by atoms with Crippen LogP contribution in [0, 0.1) is 6.92 Å². The highest BCUT2D eigenvalue weighted by molar-refractivity contribution is 6.03. The molecule has 1 atom stereocenters. The summed E-state index contributed by atoms with van der Waals surface area (Å²) in [5.41, 5.74) is 5.35. The van der Waals surface area contributed by atoms with Crippen LogP contribution in [0.15, 0.2) is 84.0 Å². The minimum atomic E-state index is -0.116. The second kappa shape index (κ2) is 9.79. The van der Waals surface area contributed by atoms with Crippen LogP contribution in [0.3, 0.4) is 0 Å². The molecule has 1 aliphatic rings. The number of hydrazone groups is 1. The maximum atomic E-state index is 13.3. The van der Waals surface area contributed by atoms with Crippen molar-refractivity contribution in [3.05, 3.63) is 101 Å². The van der Waals surface area contributed by atoms with E-state index in [-0.39, 0.29) is 11.9 Å². The fourth-order valence-electron chi connectivity index (χ4n) is 4.02. The molecule has 5 heteroatoms. The van der Waals surface area contributed by atoms with E-state index in [1.54, 1.807) is 12.1 Å². The number of methoxy groups -OCH3 is 1.